The molecule has 0 aliphatic carbocycles. The number of nitrogens with zero attached hydrogens (tertiary/aromatic N) is 2. The predicted molar refractivity (Wildman–Crippen MR) is 58.0 cm³/mol. The van der Waals surface area contributed by atoms with Crippen LogP contribution in [0.15, 0.2) is 0 Å². The lowest BCUT2D eigenvalue weighted by Gasteiger charge is -2.29. The van der Waals surface area contributed by atoms with Gasteiger partial charge in [0.15, 0.2) is 20.0 Å². The lowest BCUT2D eigenvalue weighted by atomic mass is 10.4. The van der Waals surface area contributed by atoms with Crippen molar-refractivity contribution in [2.24, 2.45) is 0 Å². The highest BCUT2D eigenvalue weighted by Gasteiger charge is 2.53. The van der Waals surface area contributed by atoms with Gasteiger partial charge in [-0.05, 0) is 12.8 Å². The molecule has 124 valence electrons. The van der Waals surface area contributed by atoms with Gasteiger partial charge < -0.3 is 9.03 Å². The molecule has 1 rings (SSSR count). The van der Waals surface area contributed by atoms with Gasteiger partial charge in [-0.2, -0.15) is 22.0 Å². The number of amides is 1. The third kappa shape index (κ3) is 3.42. The molecule has 0 bridgehead atoms. The highest BCUT2D eigenvalue weighted by Crippen LogP contribution is 2.37. The van der Waals surface area contributed by atoms with Gasteiger partial charge in [0, 0.05) is 13.1 Å². The molecule has 0 N–H and O–H groups in total. The first-order valence-electron chi connectivity index (χ1n) is 5.20. The summed E-state index contributed by atoms with van der Waals surface area (Å²) in [5, 5.41) is -5.39. The Balaban J connectivity index is 3.08. The van der Waals surface area contributed by atoms with Crippen LogP contribution >= 0.6 is 0 Å². The minimum Gasteiger partial charge on any atom is -0.423 e. The molecule has 0 spiro atoms. The molecule has 0 aromatic heterocycles. The van der Waals surface area contributed by atoms with Gasteiger partial charge in [-0.3, -0.25) is 4.79 Å². The Kier molecular flexibility index (Phi) is 4.56. The van der Waals surface area contributed by atoms with Crippen molar-refractivity contribution in [3.8, 4) is 0 Å². The Labute approximate surface area is 116 Å². The van der Waals surface area contributed by atoms with E-state index in [-0.39, 0.29) is 13.1 Å². The monoisotopic (exact) mass is 359 g/mol. The maximum absolute atomic E-state index is 13.5. The van der Waals surface area contributed by atoms with Crippen LogP contribution < -0.4 is 0 Å². The smallest absolute Gasteiger partial charge is 0.423 e. The van der Waals surface area contributed by atoms with Crippen LogP contribution in [0.2, 0.25) is 0 Å². The third-order valence-corrected chi connectivity index (χ3v) is 5.43. The van der Waals surface area contributed by atoms with Crippen molar-refractivity contribution in [3.63, 3.8) is 0 Å². The molecule has 0 aromatic carbocycles. The highest BCUT2D eigenvalue weighted by atomic mass is 32.3. The van der Waals surface area contributed by atoms with E-state index in [9.17, 15) is 43.6 Å². The van der Waals surface area contributed by atoms with Gasteiger partial charge in [-0.15, -0.1) is 0 Å². The summed E-state index contributed by atoms with van der Waals surface area (Å²) in [5.74, 6) is -2.30. The van der Waals surface area contributed by atoms with Gasteiger partial charge in [0.2, 0.25) is 0 Å². The second-order valence-electron chi connectivity index (χ2n) is 3.99. The van der Waals surface area contributed by atoms with Crippen molar-refractivity contribution in [3.05, 3.63) is 4.13 Å². The molecule has 0 unspecified atom stereocenters. The summed E-state index contributed by atoms with van der Waals surface area (Å²) in [5.41, 5.74) is -6.17. The zero-order chi connectivity index (χ0) is 16.7. The highest BCUT2D eigenvalue weighted by molar-refractivity contribution is 8.13. The van der Waals surface area contributed by atoms with E-state index in [1.807, 2.05) is 0 Å². The van der Waals surface area contributed by atoms with Crippen LogP contribution in [0.4, 0.5) is 22.0 Å². The van der Waals surface area contributed by atoms with Crippen molar-refractivity contribution in [1.82, 2.24) is 4.90 Å². The number of likely N-dealkylation sites (tertiary alicyclic amines) is 1. The molecule has 0 radical (unpaired) electrons. The van der Waals surface area contributed by atoms with E-state index in [4.69, 9.17) is 0 Å². The Morgan fingerprint density at radius 2 is 1.33 bits per heavy atom. The molecule has 14 heteroatoms. The van der Waals surface area contributed by atoms with Gasteiger partial charge in [0.1, 0.15) is 0 Å². The number of carbonyl (C=O) groups is 1. The maximum atomic E-state index is 13.5. The van der Waals surface area contributed by atoms with E-state index in [2.05, 4.69) is 0 Å². The topological polar surface area (TPSA) is 103 Å². The molecule has 0 saturated carbocycles. The largest absolute Gasteiger partial charge is 0.480 e. The van der Waals surface area contributed by atoms with E-state index in [0.717, 1.165) is 0 Å². The quantitative estimate of drug-likeness (QED) is 0.690. The fourth-order valence-corrected chi connectivity index (χ4v) is 3.53. The first kappa shape index (κ1) is 18.0. The number of sulfonamides is 2. The molecule has 1 aliphatic heterocycles. The number of hydrogen-bond acceptors (Lipinski definition) is 5. The van der Waals surface area contributed by atoms with E-state index in [1.54, 1.807) is 0 Å². The van der Waals surface area contributed by atoms with E-state index in [0.29, 0.717) is 17.7 Å². The van der Waals surface area contributed by atoms with E-state index >= 15 is 0 Å². The summed E-state index contributed by atoms with van der Waals surface area (Å²) in [6.45, 7) is -0.425. The van der Waals surface area contributed by atoms with Crippen LogP contribution in [0.3, 0.4) is 0 Å². The Bertz CT molecular complexity index is 620. The molecule has 0 atom stereocenters. The van der Waals surface area contributed by atoms with Crippen LogP contribution in [0.1, 0.15) is 12.8 Å². The summed E-state index contributed by atoms with van der Waals surface area (Å²) >= 11 is 0. The molecular formula is C7H8F5N2O5S2-. The van der Waals surface area contributed by atoms with E-state index in [1.165, 1.54) is 4.13 Å². The lowest BCUT2D eigenvalue weighted by molar-refractivity contribution is -0.145. The molecule has 1 aliphatic rings. The summed E-state index contributed by atoms with van der Waals surface area (Å²) in [7, 11) is -13.3. The second kappa shape index (κ2) is 5.31. The zero-order valence-corrected chi connectivity index (χ0v) is 11.6. The normalized spacial score (nSPS) is 18.0. The predicted octanol–water partition coefficient (Wildman–Crippen LogP) is 0.755. The minimum absolute atomic E-state index is 0.212. The third-order valence-electron chi connectivity index (χ3n) is 2.45. The van der Waals surface area contributed by atoms with Gasteiger partial charge in [0.05, 0.1) is 0 Å². The Hall–Kier alpha value is -1.02. The van der Waals surface area contributed by atoms with Gasteiger partial charge in [-0.1, -0.05) is 0 Å². The molecule has 1 fully saturated rings. The summed E-state index contributed by atoms with van der Waals surface area (Å²) in [6, 6.07) is 0. The molecule has 1 heterocycles. The zero-order valence-electron chi connectivity index (χ0n) is 9.97. The summed E-state index contributed by atoms with van der Waals surface area (Å²) in [4.78, 5) is 11.7. The number of alkyl halides is 5. The SMILES string of the molecule is O=C(N1CCCC1)C(F)(F)S(=O)(=O)[N-]S(=O)(=O)C(F)(F)F. The van der Waals surface area contributed by atoms with Crippen LogP contribution in [-0.2, 0) is 24.8 Å². The maximum Gasteiger partial charge on any atom is 0.480 e. The number of carbonyl (C=O) groups excluding carboxylic acids is 1. The van der Waals surface area contributed by atoms with E-state index < -0.39 is 36.7 Å². The molecule has 1 saturated heterocycles. The summed E-state index contributed by atoms with van der Waals surface area (Å²) in [6.07, 6.45) is 0.611. The van der Waals surface area contributed by atoms with Crippen LogP contribution in [0.25, 0.3) is 4.13 Å². The standard InChI is InChI=1S/C7H8F5N2O5S2/c8-6(9,5(15)14-3-1-2-4-14)20(16,17)13-21(18,19)7(10,11)12/h1-4H2/q-1. The van der Waals surface area contributed by atoms with Crippen molar-refractivity contribution in [2.75, 3.05) is 13.1 Å². The Morgan fingerprint density at radius 1 is 0.905 bits per heavy atom. The fraction of sp³-hybridized carbons (Fsp3) is 0.857. The summed E-state index contributed by atoms with van der Waals surface area (Å²) < 4.78 is 107. The molecule has 7 nitrogen and oxygen atoms in total. The number of rotatable bonds is 4. The van der Waals surface area contributed by atoms with Crippen molar-refractivity contribution >= 4 is 26.0 Å². The average Bonchev–Trinajstić information content (AvgIpc) is 2.77. The van der Waals surface area contributed by atoms with Gasteiger partial charge in [-0.25, -0.2) is 16.8 Å². The number of hydrogen-bond donors (Lipinski definition) is 0. The minimum atomic E-state index is -6.71. The second-order valence-corrected chi connectivity index (χ2v) is 7.46. The number of halogens is 5. The van der Waals surface area contributed by atoms with Gasteiger partial charge in [0.25, 0.3) is 0 Å². The lowest BCUT2D eigenvalue weighted by Crippen LogP contribution is -2.47. The molecular weight excluding hydrogens is 351 g/mol. The van der Waals surface area contributed by atoms with Crippen LogP contribution in [-0.4, -0.2) is 51.5 Å². The molecule has 1 amide bonds. The Morgan fingerprint density at radius 3 is 1.71 bits per heavy atom. The van der Waals surface area contributed by atoms with Crippen LogP contribution in [0.5, 0.6) is 0 Å². The van der Waals surface area contributed by atoms with Crippen molar-refractivity contribution in [2.45, 2.75) is 23.6 Å². The van der Waals surface area contributed by atoms with Crippen molar-refractivity contribution in [1.29, 1.82) is 0 Å². The molecule has 0 aromatic rings. The first-order valence-corrected chi connectivity index (χ1v) is 8.08. The molecule has 21 heavy (non-hydrogen) atoms. The van der Waals surface area contributed by atoms with Crippen molar-refractivity contribution < 1.29 is 43.6 Å². The van der Waals surface area contributed by atoms with Crippen LogP contribution in [0, 0.1) is 0 Å². The fourth-order valence-electron chi connectivity index (χ4n) is 1.43. The average molecular weight is 359 g/mol. The first-order chi connectivity index (χ1) is 9.22. The van der Waals surface area contributed by atoms with Gasteiger partial charge >= 0.3 is 16.7 Å².